The summed E-state index contributed by atoms with van der Waals surface area (Å²) in [5.74, 6) is 0.762. The Bertz CT molecular complexity index is 113. The molecule has 3 unspecified atom stereocenters. The van der Waals surface area contributed by atoms with E-state index in [1.165, 1.54) is 0 Å². The summed E-state index contributed by atoms with van der Waals surface area (Å²) < 4.78 is 5.34. The smallest absolute Gasteiger partial charge is 0.0837 e. The van der Waals surface area contributed by atoms with Crippen molar-refractivity contribution in [3.63, 3.8) is 0 Å². The van der Waals surface area contributed by atoms with Crippen molar-refractivity contribution in [2.24, 2.45) is 5.92 Å². The molecule has 2 nitrogen and oxygen atoms in total. The number of fused-ring (bicyclic) bond motifs is 2. The van der Waals surface area contributed by atoms with Gasteiger partial charge in [-0.05, 0) is 25.2 Å². The van der Waals surface area contributed by atoms with Gasteiger partial charge in [0, 0.05) is 6.61 Å². The number of rotatable bonds is 0. The minimum atomic E-state index is -0.163. The van der Waals surface area contributed by atoms with Crippen LogP contribution in [0.1, 0.15) is 19.3 Å². The Morgan fingerprint density at radius 2 is 2.22 bits per heavy atom. The van der Waals surface area contributed by atoms with E-state index in [1.54, 1.807) is 0 Å². The maximum atomic E-state index is 9.27. The molecule has 2 aliphatic rings. The van der Waals surface area contributed by atoms with Crippen molar-refractivity contribution in [2.45, 2.75) is 31.5 Å². The van der Waals surface area contributed by atoms with Gasteiger partial charge in [0.05, 0.1) is 12.2 Å². The Hall–Kier alpha value is -0.0800. The highest BCUT2D eigenvalue weighted by atomic mass is 16.5. The number of hydrogen-bond acceptors (Lipinski definition) is 2. The molecule has 0 amide bonds. The molecule has 0 aromatic heterocycles. The lowest BCUT2D eigenvalue weighted by molar-refractivity contribution is -0.00274. The molecule has 0 spiro atoms. The molecule has 1 aliphatic carbocycles. The molecule has 3 atom stereocenters. The number of aliphatic hydroxyl groups excluding tert-OH is 1. The third-order valence-corrected chi connectivity index (χ3v) is 2.41. The average Bonchev–Trinajstić information content (AvgIpc) is 2.25. The van der Waals surface area contributed by atoms with Crippen LogP contribution in [0.25, 0.3) is 0 Å². The molecule has 52 valence electrons. The first-order valence-electron chi connectivity index (χ1n) is 3.66. The van der Waals surface area contributed by atoms with E-state index in [2.05, 4.69) is 0 Å². The second kappa shape index (κ2) is 1.96. The highest BCUT2D eigenvalue weighted by Crippen LogP contribution is 2.32. The standard InChI is InChI=1S/C7H12O2/c8-6-2-1-5-3-7(6)9-4-5/h5-8H,1-4H2. The van der Waals surface area contributed by atoms with Gasteiger partial charge in [-0.2, -0.15) is 0 Å². The molecule has 0 aromatic carbocycles. The first-order chi connectivity index (χ1) is 4.36. The Balaban J connectivity index is 2.05. The van der Waals surface area contributed by atoms with Crippen molar-refractivity contribution in [2.75, 3.05) is 6.61 Å². The monoisotopic (exact) mass is 128 g/mol. The second-order valence-electron chi connectivity index (χ2n) is 3.12. The second-order valence-corrected chi connectivity index (χ2v) is 3.12. The van der Waals surface area contributed by atoms with Crippen molar-refractivity contribution >= 4 is 0 Å². The molecule has 2 rings (SSSR count). The minimum Gasteiger partial charge on any atom is -0.390 e. The van der Waals surface area contributed by atoms with E-state index in [-0.39, 0.29) is 12.2 Å². The molecule has 1 saturated carbocycles. The molecule has 1 aliphatic heterocycles. The highest BCUT2D eigenvalue weighted by Gasteiger charge is 2.35. The SMILES string of the molecule is OC1CCC2COC1C2. The molecule has 2 fully saturated rings. The quantitative estimate of drug-likeness (QED) is 0.516. The van der Waals surface area contributed by atoms with Crippen LogP contribution in [0.15, 0.2) is 0 Å². The molecule has 2 bridgehead atoms. The third kappa shape index (κ3) is 0.864. The summed E-state index contributed by atoms with van der Waals surface area (Å²) in [4.78, 5) is 0. The van der Waals surface area contributed by atoms with E-state index in [4.69, 9.17) is 4.74 Å². The van der Waals surface area contributed by atoms with Crippen LogP contribution in [-0.4, -0.2) is 23.9 Å². The topological polar surface area (TPSA) is 29.5 Å². The fourth-order valence-corrected chi connectivity index (χ4v) is 1.79. The fraction of sp³-hybridized carbons (Fsp3) is 1.00. The number of ether oxygens (including phenoxy) is 1. The zero-order valence-electron chi connectivity index (χ0n) is 5.42. The molecule has 1 saturated heterocycles. The van der Waals surface area contributed by atoms with E-state index in [9.17, 15) is 5.11 Å². The van der Waals surface area contributed by atoms with Crippen LogP contribution in [0.5, 0.6) is 0 Å². The van der Waals surface area contributed by atoms with Crippen LogP contribution in [-0.2, 0) is 4.74 Å². The molecular formula is C7H12O2. The Morgan fingerprint density at radius 1 is 1.33 bits per heavy atom. The maximum absolute atomic E-state index is 9.27. The lowest BCUT2D eigenvalue weighted by Crippen LogP contribution is -2.28. The molecule has 0 aromatic rings. The predicted octanol–water partition coefficient (Wildman–Crippen LogP) is 0.546. The van der Waals surface area contributed by atoms with Gasteiger partial charge in [-0.1, -0.05) is 0 Å². The molecule has 9 heavy (non-hydrogen) atoms. The van der Waals surface area contributed by atoms with E-state index in [0.29, 0.717) is 0 Å². The zero-order valence-corrected chi connectivity index (χ0v) is 5.42. The van der Waals surface area contributed by atoms with Crippen molar-refractivity contribution in [1.82, 2.24) is 0 Å². The normalized spacial score (nSPS) is 49.7. The fourth-order valence-electron chi connectivity index (χ4n) is 1.79. The van der Waals surface area contributed by atoms with Gasteiger partial charge in [-0.3, -0.25) is 0 Å². The summed E-state index contributed by atoms with van der Waals surface area (Å²) >= 11 is 0. The largest absolute Gasteiger partial charge is 0.390 e. The van der Waals surface area contributed by atoms with Gasteiger partial charge in [0.2, 0.25) is 0 Å². The van der Waals surface area contributed by atoms with E-state index in [1.807, 2.05) is 0 Å². The minimum absolute atomic E-state index is 0.163. The summed E-state index contributed by atoms with van der Waals surface area (Å²) in [6.07, 6.45) is 3.24. The molecule has 2 heteroatoms. The Labute approximate surface area is 54.8 Å². The van der Waals surface area contributed by atoms with Crippen molar-refractivity contribution in [3.8, 4) is 0 Å². The Kier molecular flexibility index (Phi) is 1.24. The Morgan fingerprint density at radius 3 is 3.00 bits per heavy atom. The molecule has 1 heterocycles. The summed E-state index contributed by atoms with van der Waals surface area (Å²) in [7, 11) is 0. The molecule has 1 N–H and O–H groups in total. The summed E-state index contributed by atoms with van der Waals surface area (Å²) in [6.45, 7) is 0.891. The van der Waals surface area contributed by atoms with Crippen molar-refractivity contribution in [1.29, 1.82) is 0 Å². The van der Waals surface area contributed by atoms with Crippen molar-refractivity contribution in [3.05, 3.63) is 0 Å². The lowest BCUT2D eigenvalue weighted by atomic mass is 9.89. The highest BCUT2D eigenvalue weighted by molar-refractivity contribution is 4.85. The summed E-state index contributed by atoms with van der Waals surface area (Å²) in [5.41, 5.74) is 0. The first kappa shape index (κ1) is 5.69. The summed E-state index contributed by atoms with van der Waals surface area (Å²) in [6, 6.07) is 0. The van der Waals surface area contributed by atoms with Crippen LogP contribution in [0.2, 0.25) is 0 Å². The van der Waals surface area contributed by atoms with E-state index in [0.717, 1.165) is 31.8 Å². The maximum Gasteiger partial charge on any atom is 0.0837 e. The van der Waals surface area contributed by atoms with Gasteiger partial charge in [-0.25, -0.2) is 0 Å². The zero-order chi connectivity index (χ0) is 6.27. The van der Waals surface area contributed by atoms with E-state index >= 15 is 0 Å². The molecule has 0 radical (unpaired) electrons. The summed E-state index contributed by atoms with van der Waals surface area (Å²) in [5, 5.41) is 9.27. The van der Waals surface area contributed by atoms with Gasteiger partial charge in [0.25, 0.3) is 0 Å². The van der Waals surface area contributed by atoms with Crippen LogP contribution in [0, 0.1) is 5.92 Å². The lowest BCUT2D eigenvalue weighted by Gasteiger charge is -2.21. The third-order valence-electron chi connectivity index (χ3n) is 2.41. The van der Waals surface area contributed by atoms with Gasteiger partial charge in [0.15, 0.2) is 0 Å². The first-order valence-corrected chi connectivity index (χ1v) is 3.66. The van der Waals surface area contributed by atoms with Gasteiger partial charge in [0.1, 0.15) is 0 Å². The van der Waals surface area contributed by atoms with Gasteiger partial charge >= 0.3 is 0 Å². The van der Waals surface area contributed by atoms with Gasteiger partial charge in [-0.15, -0.1) is 0 Å². The van der Waals surface area contributed by atoms with Crippen LogP contribution < -0.4 is 0 Å². The van der Waals surface area contributed by atoms with Crippen LogP contribution in [0.4, 0.5) is 0 Å². The number of aliphatic hydroxyl groups is 1. The van der Waals surface area contributed by atoms with Crippen LogP contribution in [0.3, 0.4) is 0 Å². The van der Waals surface area contributed by atoms with E-state index < -0.39 is 0 Å². The van der Waals surface area contributed by atoms with Crippen molar-refractivity contribution < 1.29 is 9.84 Å². The average molecular weight is 128 g/mol. The number of hydrogen-bond donors (Lipinski definition) is 1. The van der Waals surface area contributed by atoms with Gasteiger partial charge < -0.3 is 9.84 Å². The predicted molar refractivity (Wildman–Crippen MR) is 33.1 cm³/mol. The molecular weight excluding hydrogens is 116 g/mol. The van der Waals surface area contributed by atoms with Crippen LogP contribution >= 0.6 is 0 Å².